The Bertz CT molecular complexity index is 422. The summed E-state index contributed by atoms with van der Waals surface area (Å²) in [6, 6.07) is 0.562. The first-order valence-electron chi connectivity index (χ1n) is 6.55. The summed E-state index contributed by atoms with van der Waals surface area (Å²) in [6.07, 6.45) is 3.64. The third-order valence-corrected chi connectivity index (χ3v) is 3.87. The maximum Gasteiger partial charge on any atom is 0.225 e. The molecule has 17 heavy (non-hydrogen) atoms. The van der Waals surface area contributed by atoms with Gasteiger partial charge in [0, 0.05) is 19.1 Å². The van der Waals surface area contributed by atoms with Crippen LogP contribution in [0.2, 0.25) is 0 Å². The van der Waals surface area contributed by atoms with E-state index in [9.17, 15) is 0 Å². The molecule has 96 valence electrons. The second-order valence-electron chi connectivity index (χ2n) is 5.16. The molecule has 1 aromatic rings. The maximum atomic E-state index is 5.29. The predicted octanol–water partition coefficient (Wildman–Crippen LogP) is 2.98. The van der Waals surface area contributed by atoms with E-state index in [1.54, 1.807) is 0 Å². The van der Waals surface area contributed by atoms with Crippen LogP contribution in [0, 0.1) is 10.7 Å². The smallest absolute Gasteiger partial charge is 0.225 e. The summed E-state index contributed by atoms with van der Waals surface area (Å²) in [7, 11) is 0. The second-order valence-corrected chi connectivity index (χ2v) is 5.55. The highest BCUT2D eigenvalue weighted by Gasteiger charge is 2.26. The second kappa shape index (κ2) is 5.21. The molecule has 4 nitrogen and oxygen atoms in total. The molecule has 0 aromatic carbocycles. The number of aromatic nitrogens is 3. The van der Waals surface area contributed by atoms with Gasteiger partial charge in [-0.15, -0.1) is 5.10 Å². The van der Waals surface area contributed by atoms with E-state index in [4.69, 9.17) is 12.2 Å². The minimum absolute atomic E-state index is 0.562. The van der Waals surface area contributed by atoms with Crippen LogP contribution in [0.5, 0.6) is 0 Å². The number of aromatic amines is 1. The van der Waals surface area contributed by atoms with Crippen molar-refractivity contribution in [3.63, 3.8) is 0 Å². The molecule has 1 saturated heterocycles. The first-order chi connectivity index (χ1) is 8.13. The third kappa shape index (κ3) is 2.54. The van der Waals surface area contributed by atoms with Gasteiger partial charge in [0.2, 0.25) is 5.95 Å². The average Bonchev–Trinajstić information content (AvgIpc) is 2.65. The van der Waals surface area contributed by atoms with Crippen LogP contribution in [-0.4, -0.2) is 27.4 Å². The van der Waals surface area contributed by atoms with Crippen LogP contribution in [0.3, 0.4) is 0 Å². The Hall–Kier alpha value is -0.840. The number of hydrogen-bond donors (Lipinski definition) is 1. The van der Waals surface area contributed by atoms with Gasteiger partial charge in [-0.05, 0) is 44.3 Å². The molecule has 2 heterocycles. The molecule has 1 fully saturated rings. The summed E-state index contributed by atoms with van der Waals surface area (Å²) in [6.45, 7) is 8.79. The lowest BCUT2D eigenvalue weighted by Crippen LogP contribution is -2.42. The molecule has 1 aromatic heterocycles. The molecule has 0 amide bonds. The molecule has 2 atom stereocenters. The summed E-state index contributed by atoms with van der Waals surface area (Å²) >= 11 is 5.29. The van der Waals surface area contributed by atoms with Crippen LogP contribution in [0.1, 0.15) is 40.0 Å². The van der Waals surface area contributed by atoms with Crippen molar-refractivity contribution in [3.8, 4) is 0 Å². The van der Waals surface area contributed by atoms with E-state index in [1.807, 2.05) is 0 Å². The van der Waals surface area contributed by atoms with Crippen LogP contribution >= 0.6 is 12.2 Å². The minimum Gasteiger partial charge on any atom is -0.338 e. The fraction of sp³-hybridized carbons (Fsp3) is 0.833. The van der Waals surface area contributed by atoms with E-state index >= 15 is 0 Å². The van der Waals surface area contributed by atoms with E-state index in [0.29, 0.717) is 6.04 Å². The van der Waals surface area contributed by atoms with Crippen molar-refractivity contribution in [2.24, 2.45) is 5.92 Å². The summed E-state index contributed by atoms with van der Waals surface area (Å²) < 4.78 is 2.87. The van der Waals surface area contributed by atoms with Crippen LogP contribution in [0.25, 0.3) is 0 Å². The lowest BCUT2D eigenvalue weighted by atomic mass is 9.95. The molecular formula is C12H22N4S. The van der Waals surface area contributed by atoms with Crippen molar-refractivity contribution in [1.29, 1.82) is 0 Å². The molecule has 0 saturated carbocycles. The van der Waals surface area contributed by atoms with Gasteiger partial charge in [-0.3, -0.25) is 4.57 Å². The quantitative estimate of drug-likeness (QED) is 0.843. The summed E-state index contributed by atoms with van der Waals surface area (Å²) in [4.78, 5) is 2.40. The normalized spacial score (nSPS) is 25.2. The fourth-order valence-corrected chi connectivity index (χ4v) is 2.74. The standard InChI is InChI=1S/C12H22N4S/c1-4-7-15-11(13-14-12(15)17)16-8-9(2)5-6-10(16)3/h9-10H,4-8H2,1-3H3,(H,14,17). The zero-order valence-corrected chi connectivity index (χ0v) is 11.8. The zero-order chi connectivity index (χ0) is 12.4. The average molecular weight is 254 g/mol. The minimum atomic E-state index is 0.562. The lowest BCUT2D eigenvalue weighted by Gasteiger charge is -2.37. The van der Waals surface area contributed by atoms with Gasteiger partial charge in [0.05, 0.1) is 0 Å². The molecular weight excluding hydrogens is 232 g/mol. The summed E-state index contributed by atoms with van der Waals surface area (Å²) in [5.74, 6) is 1.77. The number of rotatable bonds is 3. The number of H-pyrrole nitrogens is 1. The highest BCUT2D eigenvalue weighted by Crippen LogP contribution is 2.26. The number of nitrogens with one attached hydrogen (secondary N) is 1. The molecule has 2 rings (SSSR count). The molecule has 1 aliphatic rings. The van der Waals surface area contributed by atoms with Gasteiger partial charge in [0.1, 0.15) is 0 Å². The number of nitrogens with zero attached hydrogens (tertiary/aromatic N) is 3. The molecule has 5 heteroatoms. The summed E-state index contributed by atoms with van der Waals surface area (Å²) in [5, 5.41) is 7.34. The molecule has 1 aliphatic heterocycles. The first-order valence-corrected chi connectivity index (χ1v) is 6.96. The van der Waals surface area contributed by atoms with Crippen LogP contribution in [0.15, 0.2) is 0 Å². The van der Waals surface area contributed by atoms with Crippen molar-refractivity contribution in [2.45, 2.75) is 52.6 Å². The summed E-state index contributed by atoms with van der Waals surface area (Å²) in [5.41, 5.74) is 0. The maximum absolute atomic E-state index is 5.29. The first kappa shape index (κ1) is 12.6. The van der Waals surface area contributed by atoms with E-state index in [2.05, 4.69) is 40.4 Å². The van der Waals surface area contributed by atoms with E-state index in [-0.39, 0.29) is 0 Å². The Kier molecular flexibility index (Phi) is 3.86. The van der Waals surface area contributed by atoms with Gasteiger partial charge in [-0.2, -0.15) is 0 Å². The molecule has 0 spiro atoms. The SMILES string of the molecule is CCCn1c(N2CC(C)CCC2C)n[nH]c1=S. The highest BCUT2D eigenvalue weighted by molar-refractivity contribution is 7.71. The van der Waals surface area contributed by atoms with Crippen molar-refractivity contribution >= 4 is 18.2 Å². The Labute approximate surface area is 108 Å². The van der Waals surface area contributed by atoms with E-state index in [1.165, 1.54) is 12.8 Å². The van der Waals surface area contributed by atoms with Crippen molar-refractivity contribution in [2.75, 3.05) is 11.4 Å². The predicted molar refractivity (Wildman–Crippen MR) is 72.9 cm³/mol. The van der Waals surface area contributed by atoms with Crippen molar-refractivity contribution in [1.82, 2.24) is 14.8 Å². The van der Waals surface area contributed by atoms with Gasteiger partial charge in [0.15, 0.2) is 4.77 Å². The molecule has 0 aliphatic carbocycles. The monoisotopic (exact) mass is 254 g/mol. The largest absolute Gasteiger partial charge is 0.338 e. The van der Waals surface area contributed by atoms with Gasteiger partial charge in [-0.25, -0.2) is 5.10 Å². The fourth-order valence-electron chi connectivity index (χ4n) is 2.52. The lowest BCUT2D eigenvalue weighted by molar-refractivity contribution is 0.381. The van der Waals surface area contributed by atoms with Crippen molar-refractivity contribution in [3.05, 3.63) is 4.77 Å². The molecule has 0 radical (unpaired) electrons. The van der Waals surface area contributed by atoms with Gasteiger partial charge in [0.25, 0.3) is 0 Å². The molecule has 1 N–H and O–H groups in total. The zero-order valence-electron chi connectivity index (χ0n) is 10.9. The highest BCUT2D eigenvalue weighted by atomic mass is 32.1. The Morgan fingerprint density at radius 2 is 2.18 bits per heavy atom. The Morgan fingerprint density at radius 3 is 2.88 bits per heavy atom. The molecule has 2 unspecified atom stereocenters. The van der Waals surface area contributed by atoms with Crippen LogP contribution in [-0.2, 0) is 6.54 Å². The van der Waals surface area contributed by atoms with Crippen molar-refractivity contribution < 1.29 is 0 Å². The van der Waals surface area contributed by atoms with Crippen LogP contribution in [0.4, 0.5) is 5.95 Å². The number of piperidine rings is 1. The van der Waals surface area contributed by atoms with E-state index < -0.39 is 0 Å². The number of hydrogen-bond acceptors (Lipinski definition) is 3. The topological polar surface area (TPSA) is 36.9 Å². The Balaban J connectivity index is 2.28. The molecule has 0 bridgehead atoms. The van der Waals surface area contributed by atoms with Gasteiger partial charge >= 0.3 is 0 Å². The van der Waals surface area contributed by atoms with Gasteiger partial charge in [-0.1, -0.05) is 13.8 Å². The van der Waals surface area contributed by atoms with Gasteiger partial charge < -0.3 is 4.90 Å². The van der Waals surface area contributed by atoms with Crippen LogP contribution < -0.4 is 4.90 Å². The third-order valence-electron chi connectivity index (χ3n) is 3.56. The Morgan fingerprint density at radius 1 is 1.41 bits per heavy atom. The number of anilines is 1. The van der Waals surface area contributed by atoms with E-state index in [0.717, 1.165) is 36.1 Å².